The summed E-state index contributed by atoms with van der Waals surface area (Å²) in [5.41, 5.74) is 0.510. The molecular weight excluding hydrogens is 274 g/mol. The molecule has 2 aliphatic rings. The number of hydrogen-bond donors (Lipinski definition) is 0. The molecule has 1 aromatic rings. The molecule has 1 unspecified atom stereocenters. The number of carbonyl (C=O) groups is 2. The van der Waals surface area contributed by atoms with Gasteiger partial charge in [-0.25, -0.2) is 5.01 Å². The summed E-state index contributed by atoms with van der Waals surface area (Å²) in [6.07, 6.45) is 2.86. The van der Waals surface area contributed by atoms with Crippen molar-refractivity contribution in [2.24, 2.45) is 5.10 Å². The van der Waals surface area contributed by atoms with Crippen LogP contribution in [0.2, 0.25) is 0 Å². The first-order chi connectivity index (χ1) is 9.66. The molecule has 0 aromatic carbocycles. The van der Waals surface area contributed by atoms with E-state index in [1.54, 1.807) is 18.4 Å². The van der Waals surface area contributed by atoms with E-state index in [4.69, 9.17) is 0 Å². The number of thiophene rings is 1. The zero-order valence-corrected chi connectivity index (χ0v) is 12.2. The minimum atomic E-state index is -0.0298. The van der Waals surface area contributed by atoms with Crippen molar-refractivity contribution >= 4 is 28.9 Å². The molecule has 20 heavy (non-hydrogen) atoms. The SMILES string of the molecule is CN1N=C(C(=O)N2CCCC2c2cccs2)CCC1=O. The maximum absolute atomic E-state index is 12.6. The average Bonchev–Trinajstić information content (AvgIpc) is 3.10. The maximum Gasteiger partial charge on any atom is 0.270 e. The van der Waals surface area contributed by atoms with Gasteiger partial charge in [-0.2, -0.15) is 5.10 Å². The lowest BCUT2D eigenvalue weighted by molar-refractivity contribution is -0.130. The average molecular weight is 291 g/mol. The van der Waals surface area contributed by atoms with Crippen molar-refractivity contribution in [3.8, 4) is 0 Å². The number of hydrogen-bond acceptors (Lipinski definition) is 4. The van der Waals surface area contributed by atoms with E-state index in [1.165, 1.54) is 9.89 Å². The van der Waals surface area contributed by atoms with E-state index in [-0.39, 0.29) is 17.9 Å². The fourth-order valence-corrected chi connectivity index (χ4v) is 3.65. The fourth-order valence-electron chi connectivity index (χ4n) is 2.78. The predicted octanol–water partition coefficient (Wildman–Crippen LogP) is 2.02. The van der Waals surface area contributed by atoms with Crippen LogP contribution in [0.1, 0.15) is 36.6 Å². The van der Waals surface area contributed by atoms with E-state index in [2.05, 4.69) is 11.2 Å². The van der Waals surface area contributed by atoms with Crippen molar-refractivity contribution in [1.82, 2.24) is 9.91 Å². The molecule has 1 atom stereocenters. The Morgan fingerprint density at radius 3 is 3.00 bits per heavy atom. The third-order valence-electron chi connectivity index (χ3n) is 3.84. The van der Waals surface area contributed by atoms with Crippen LogP contribution in [0.3, 0.4) is 0 Å². The highest BCUT2D eigenvalue weighted by atomic mass is 32.1. The van der Waals surface area contributed by atoms with E-state index in [9.17, 15) is 9.59 Å². The number of hydrazone groups is 1. The van der Waals surface area contributed by atoms with E-state index < -0.39 is 0 Å². The third kappa shape index (κ3) is 2.35. The van der Waals surface area contributed by atoms with Crippen molar-refractivity contribution in [2.45, 2.75) is 31.7 Å². The molecule has 6 heteroatoms. The van der Waals surface area contributed by atoms with Crippen molar-refractivity contribution in [1.29, 1.82) is 0 Å². The van der Waals surface area contributed by atoms with Gasteiger partial charge < -0.3 is 4.90 Å². The molecule has 0 N–H and O–H groups in total. The monoisotopic (exact) mass is 291 g/mol. The molecule has 0 bridgehead atoms. The first-order valence-corrected chi connectivity index (χ1v) is 7.73. The lowest BCUT2D eigenvalue weighted by Crippen LogP contribution is -2.40. The summed E-state index contributed by atoms with van der Waals surface area (Å²) >= 11 is 1.69. The van der Waals surface area contributed by atoms with Gasteiger partial charge in [-0.05, 0) is 24.3 Å². The Balaban J connectivity index is 1.80. The molecule has 106 valence electrons. The molecule has 0 aliphatic carbocycles. The second-order valence-corrected chi connectivity index (χ2v) is 6.12. The van der Waals surface area contributed by atoms with Gasteiger partial charge in [0.15, 0.2) is 0 Å². The molecule has 0 radical (unpaired) electrons. The van der Waals surface area contributed by atoms with E-state index >= 15 is 0 Å². The smallest absolute Gasteiger partial charge is 0.270 e. The summed E-state index contributed by atoms with van der Waals surface area (Å²) < 4.78 is 0. The standard InChI is InChI=1S/C14H17N3O2S/c1-16-13(18)7-6-10(15-16)14(19)17-8-2-4-11(17)12-5-3-9-20-12/h3,5,9,11H,2,4,6-8H2,1H3. The first-order valence-electron chi connectivity index (χ1n) is 6.85. The highest BCUT2D eigenvalue weighted by molar-refractivity contribution is 7.10. The molecule has 2 aliphatic heterocycles. The summed E-state index contributed by atoms with van der Waals surface area (Å²) in [5, 5.41) is 7.46. The van der Waals surface area contributed by atoms with Crippen molar-refractivity contribution in [3.63, 3.8) is 0 Å². The van der Waals surface area contributed by atoms with Crippen LogP contribution in [0.4, 0.5) is 0 Å². The number of rotatable bonds is 2. The Morgan fingerprint density at radius 2 is 2.30 bits per heavy atom. The summed E-state index contributed by atoms with van der Waals surface area (Å²) in [5.74, 6) is -0.0435. The van der Waals surface area contributed by atoms with Gasteiger partial charge >= 0.3 is 0 Å². The number of amides is 2. The van der Waals surface area contributed by atoms with Crippen LogP contribution in [-0.2, 0) is 9.59 Å². The van der Waals surface area contributed by atoms with Crippen LogP contribution in [0.25, 0.3) is 0 Å². The predicted molar refractivity (Wildman–Crippen MR) is 77.4 cm³/mol. The molecule has 3 heterocycles. The highest BCUT2D eigenvalue weighted by Crippen LogP contribution is 2.34. The lowest BCUT2D eigenvalue weighted by Gasteiger charge is -2.26. The van der Waals surface area contributed by atoms with Gasteiger partial charge in [0.1, 0.15) is 5.71 Å². The Kier molecular flexibility index (Phi) is 3.56. The van der Waals surface area contributed by atoms with Crippen LogP contribution in [0.5, 0.6) is 0 Å². The molecule has 1 saturated heterocycles. The molecule has 0 spiro atoms. The summed E-state index contributed by atoms with van der Waals surface area (Å²) in [6.45, 7) is 0.776. The Morgan fingerprint density at radius 1 is 1.45 bits per heavy atom. The van der Waals surface area contributed by atoms with Crippen molar-refractivity contribution in [2.75, 3.05) is 13.6 Å². The lowest BCUT2D eigenvalue weighted by atomic mass is 10.1. The van der Waals surface area contributed by atoms with Crippen LogP contribution >= 0.6 is 11.3 Å². The van der Waals surface area contributed by atoms with Gasteiger partial charge in [-0.1, -0.05) is 6.07 Å². The van der Waals surface area contributed by atoms with Gasteiger partial charge in [-0.3, -0.25) is 9.59 Å². The van der Waals surface area contributed by atoms with Gasteiger partial charge in [-0.15, -0.1) is 11.3 Å². The number of carbonyl (C=O) groups excluding carboxylic acids is 2. The molecule has 1 aromatic heterocycles. The zero-order valence-electron chi connectivity index (χ0n) is 11.4. The second-order valence-electron chi connectivity index (χ2n) is 5.14. The van der Waals surface area contributed by atoms with Crippen LogP contribution < -0.4 is 0 Å². The van der Waals surface area contributed by atoms with Gasteiger partial charge in [0, 0.05) is 31.3 Å². The van der Waals surface area contributed by atoms with Gasteiger partial charge in [0.2, 0.25) is 5.91 Å². The highest BCUT2D eigenvalue weighted by Gasteiger charge is 2.34. The van der Waals surface area contributed by atoms with Crippen LogP contribution in [-0.4, -0.2) is 41.0 Å². The Labute approximate surface area is 121 Å². The quantitative estimate of drug-likeness (QED) is 0.837. The number of likely N-dealkylation sites (tertiary alicyclic amines) is 1. The Hall–Kier alpha value is -1.69. The molecule has 5 nitrogen and oxygen atoms in total. The minimum Gasteiger partial charge on any atom is -0.330 e. The molecular formula is C14H17N3O2S. The molecule has 1 fully saturated rings. The normalized spacial score (nSPS) is 23.1. The Bertz CT molecular complexity index is 553. The van der Waals surface area contributed by atoms with E-state index in [0.29, 0.717) is 18.6 Å². The maximum atomic E-state index is 12.6. The molecule has 0 saturated carbocycles. The van der Waals surface area contributed by atoms with Crippen LogP contribution in [0, 0.1) is 0 Å². The summed E-state index contributed by atoms with van der Waals surface area (Å²) in [7, 11) is 1.61. The topological polar surface area (TPSA) is 53.0 Å². The van der Waals surface area contributed by atoms with Crippen molar-refractivity contribution in [3.05, 3.63) is 22.4 Å². The molecule has 2 amide bonds. The van der Waals surface area contributed by atoms with Crippen molar-refractivity contribution < 1.29 is 9.59 Å². The van der Waals surface area contributed by atoms with Gasteiger partial charge in [0.25, 0.3) is 5.91 Å². The third-order valence-corrected chi connectivity index (χ3v) is 4.81. The largest absolute Gasteiger partial charge is 0.330 e. The number of nitrogens with zero attached hydrogens (tertiary/aromatic N) is 3. The van der Waals surface area contributed by atoms with Crippen LogP contribution in [0.15, 0.2) is 22.6 Å². The van der Waals surface area contributed by atoms with E-state index in [0.717, 1.165) is 19.4 Å². The summed E-state index contributed by atoms with van der Waals surface area (Å²) in [6, 6.07) is 4.28. The zero-order chi connectivity index (χ0) is 14.1. The van der Waals surface area contributed by atoms with Gasteiger partial charge in [0.05, 0.1) is 6.04 Å². The second kappa shape index (κ2) is 5.36. The first kappa shape index (κ1) is 13.3. The summed E-state index contributed by atoms with van der Waals surface area (Å²) in [4.78, 5) is 27.2. The van der Waals surface area contributed by atoms with E-state index in [1.807, 2.05) is 16.3 Å². The minimum absolute atomic E-state index is 0.0137. The molecule has 3 rings (SSSR count). The fraction of sp³-hybridized carbons (Fsp3) is 0.500.